The molecule has 2 radical (unpaired) electrons. The van der Waals surface area contributed by atoms with Crippen LogP contribution in [-0.4, -0.2) is 29.5 Å². The third kappa shape index (κ3) is 6.56. The molecular weight excluding hydrogens is 282 g/mol. The van der Waals surface area contributed by atoms with Crippen molar-refractivity contribution >= 4 is 9.76 Å². The lowest BCUT2D eigenvalue weighted by Gasteiger charge is -2.16. The van der Waals surface area contributed by atoms with Crippen LogP contribution in [0, 0.1) is 11.6 Å². The molecule has 3 nitrogen and oxygen atoms in total. The summed E-state index contributed by atoms with van der Waals surface area (Å²) in [6.45, 7) is 4.17. The first-order chi connectivity index (χ1) is 9.67. The molecule has 6 heteroatoms. The number of rotatable bonds is 10. The number of halogens is 2. The Labute approximate surface area is 121 Å². The predicted molar refractivity (Wildman–Crippen MR) is 73.4 cm³/mol. The number of hydrogen-bond donors (Lipinski definition) is 0. The Hall–Kier alpha value is -0.823. The Morgan fingerprint density at radius 3 is 2.45 bits per heavy atom. The third-order valence-electron chi connectivity index (χ3n) is 2.53. The molecule has 1 aromatic carbocycles. The van der Waals surface area contributed by atoms with E-state index in [0.29, 0.717) is 25.2 Å². The van der Waals surface area contributed by atoms with Crippen LogP contribution in [-0.2, 0) is 20.3 Å². The molecule has 0 bridgehead atoms. The van der Waals surface area contributed by atoms with Crippen LogP contribution < -0.4 is 0 Å². The maximum atomic E-state index is 13.4. The standard InChI is InChI=1S/C14H20F2O3Si/c1-3-17-14(18-4-2)19-20-9-5-6-11-7-8-12(15)10-13(11)16/h7-8,10,14H,3-6,9H2,1-2H3. The summed E-state index contributed by atoms with van der Waals surface area (Å²) >= 11 is 0. The molecule has 0 atom stereocenters. The van der Waals surface area contributed by atoms with Crippen LogP contribution in [0.1, 0.15) is 25.8 Å². The topological polar surface area (TPSA) is 27.7 Å². The molecule has 0 spiro atoms. The molecule has 1 rings (SSSR count). The molecule has 1 aromatic rings. The largest absolute Gasteiger partial charge is 0.372 e. The van der Waals surface area contributed by atoms with Crippen LogP contribution in [0.4, 0.5) is 8.78 Å². The van der Waals surface area contributed by atoms with Crippen LogP contribution in [0.2, 0.25) is 6.04 Å². The van der Waals surface area contributed by atoms with E-state index in [9.17, 15) is 8.78 Å². The van der Waals surface area contributed by atoms with Crippen molar-refractivity contribution in [1.82, 2.24) is 0 Å². The van der Waals surface area contributed by atoms with Crippen molar-refractivity contribution in [2.24, 2.45) is 0 Å². The Morgan fingerprint density at radius 1 is 1.15 bits per heavy atom. The second kappa shape index (κ2) is 9.98. The van der Waals surface area contributed by atoms with E-state index in [-0.39, 0.29) is 9.76 Å². The average Bonchev–Trinajstić information content (AvgIpc) is 2.41. The van der Waals surface area contributed by atoms with Gasteiger partial charge in [-0.3, -0.25) is 0 Å². The zero-order valence-corrected chi connectivity index (χ0v) is 12.8. The fraction of sp³-hybridized carbons (Fsp3) is 0.571. The van der Waals surface area contributed by atoms with Crippen molar-refractivity contribution in [2.45, 2.75) is 39.2 Å². The highest BCUT2D eigenvalue weighted by atomic mass is 28.2. The fourth-order valence-corrected chi connectivity index (χ4v) is 2.30. The van der Waals surface area contributed by atoms with E-state index in [2.05, 4.69) is 0 Å². The molecular formula is C14H20F2O3Si. The minimum atomic E-state index is -0.620. The molecule has 0 heterocycles. The normalized spacial score (nSPS) is 11.2. The van der Waals surface area contributed by atoms with E-state index < -0.39 is 18.1 Å². The molecule has 112 valence electrons. The molecule has 0 aliphatic rings. The lowest BCUT2D eigenvalue weighted by molar-refractivity contribution is -0.243. The summed E-state index contributed by atoms with van der Waals surface area (Å²) in [5.41, 5.74) is 0.530. The summed E-state index contributed by atoms with van der Waals surface area (Å²) in [4.78, 5) is 0. The van der Waals surface area contributed by atoms with E-state index in [1.807, 2.05) is 13.8 Å². The van der Waals surface area contributed by atoms with Crippen molar-refractivity contribution < 1.29 is 22.7 Å². The van der Waals surface area contributed by atoms with Gasteiger partial charge in [-0.1, -0.05) is 6.07 Å². The van der Waals surface area contributed by atoms with Crippen molar-refractivity contribution in [3.8, 4) is 0 Å². The smallest absolute Gasteiger partial charge is 0.261 e. The molecule has 0 unspecified atom stereocenters. The molecule has 0 saturated heterocycles. The lowest BCUT2D eigenvalue weighted by Crippen LogP contribution is -2.23. The minimum absolute atomic E-state index is 0.232. The summed E-state index contributed by atoms with van der Waals surface area (Å²) < 4.78 is 42.0. The van der Waals surface area contributed by atoms with E-state index in [1.165, 1.54) is 12.1 Å². The summed E-state index contributed by atoms with van der Waals surface area (Å²) in [7, 11) is 0.232. The van der Waals surface area contributed by atoms with Gasteiger partial charge in [0.25, 0.3) is 6.48 Å². The second-order valence-electron chi connectivity index (χ2n) is 4.05. The highest BCUT2D eigenvalue weighted by Crippen LogP contribution is 2.12. The van der Waals surface area contributed by atoms with E-state index >= 15 is 0 Å². The molecule has 0 aromatic heterocycles. The summed E-state index contributed by atoms with van der Waals surface area (Å²) in [5, 5.41) is 0. The summed E-state index contributed by atoms with van der Waals surface area (Å²) in [6, 6.07) is 4.46. The lowest BCUT2D eigenvalue weighted by atomic mass is 10.1. The van der Waals surface area contributed by atoms with Crippen LogP contribution in [0.5, 0.6) is 0 Å². The maximum absolute atomic E-state index is 13.4. The SMILES string of the molecule is CCOC(OCC)O[Si]CCCc1ccc(F)cc1F. The van der Waals surface area contributed by atoms with Gasteiger partial charge in [-0.15, -0.1) is 0 Å². The second-order valence-corrected chi connectivity index (χ2v) is 5.08. The molecule has 0 fully saturated rings. The van der Waals surface area contributed by atoms with Gasteiger partial charge in [0.05, 0.1) is 0 Å². The first-order valence-corrected chi connectivity index (χ1v) is 7.84. The molecule has 0 saturated carbocycles. The van der Waals surface area contributed by atoms with Gasteiger partial charge in [0, 0.05) is 19.3 Å². The van der Waals surface area contributed by atoms with E-state index in [4.69, 9.17) is 13.9 Å². The maximum Gasteiger partial charge on any atom is 0.261 e. The Bertz CT molecular complexity index is 385. The first kappa shape index (κ1) is 17.2. The number of hydrogen-bond acceptors (Lipinski definition) is 3. The first-order valence-electron chi connectivity index (χ1n) is 6.73. The zero-order chi connectivity index (χ0) is 14.8. The highest BCUT2D eigenvalue weighted by molar-refractivity contribution is 6.27. The van der Waals surface area contributed by atoms with Gasteiger partial charge in [-0.2, -0.15) is 0 Å². The quantitative estimate of drug-likeness (QED) is 0.377. The molecule has 20 heavy (non-hydrogen) atoms. The Balaban J connectivity index is 2.20. The van der Waals surface area contributed by atoms with Gasteiger partial charge in [0.1, 0.15) is 11.6 Å². The van der Waals surface area contributed by atoms with Crippen LogP contribution >= 0.6 is 0 Å². The van der Waals surface area contributed by atoms with Gasteiger partial charge >= 0.3 is 0 Å². The van der Waals surface area contributed by atoms with Gasteiger partial charge in [-0.25, -0.2) is 8.78 Å². The third-order valence-corrected chi connectivity index (χ3v) is 3.44. The average molecular weight is 302 g/mol. The highest BCUT2D eigenvalue weighted by Gasteiger charge is 2.08. The van der Waals surface area contributed by atoms with Crippen LogP contribution in [0.25, 0.3) is 0 Å². The molecule has 0 aliphatic heterocycles. The van der Waals surface area contributed by atoms with E-state index in [1.54, 1.807) is 0 Å². The van der Waals surface area contributed by atoms with Gasteiger partial charge in [0.2, 0.25) is 9.76 Å². The number of ether oxygens (including phenoxy) is 2. The monoisotopic (exact) mass is 302 g/mol. The van der Waals surface area contributed by atoms with Gasteiger partial charge in [0.15, 0.2) is 0 Å². The van der Waals surface area contributed by atoms with Crippen molar-refractivity contribution in [3.63, 3.8) is 0 Å². The Morgan fingerprint density at radius 2 is 1.85 bits per heavy atom. The Kier molecular flexibility index (Phi) is 8.60. The summed E-state index contributed by atoms with van der Waals surface area (Å²) in [6.07, 6.45) is 1.34. The zero-order valence-electron chi connectivity index (χ0n) is 11.8. The fourth-order valence-electron chi connectivity index (χ4n) is 1.59. The molecule has 0 aliphatic carbocycles. The van der Waals surface area contributed by atoms with Crippen molar-refractivity contribution in [2.75, 3.05) is 13.2 Å². The number of aryl methyl sites for hydroxylation is 1. The van der Waals surface area contributed by atoms with Crippen LogP contribution in [0.15, 0.2) is 18.2 Å². The molecule has 0 amide bonds. The van der Waals surface area contributed by atoms with Gasteiger partial charge < -0.3 is 13.9 Å². The van der Waals surface area contributed by atoms with Crippen LogP contribution in [0.3, 0.4) is 0 Å². The molecule has 0 N–H and O–H groups in total. The van der Waals surface area contributed by atoms with E-state index in [0.717, 1.165) is 18.5 Å². The number of benzene rings is 1. The van der Waals surface area contributed by atoms with Crippen molar-refractivity contribution in [1.29, 1.82) is 0 Å². The van der Waals surface area contributed by atoms with Crippen molar-refractivity contribution in [3.05, 3.63) is 35.4 Å². The summed E-state index contributed by atoms with van der Waals surface area (Å²) in [5.74, 6) is -1.04. The minimum Gasteiger partial charge on any atom is -0.372 e. The van der Waals surface area contributed by atoms with Gasteiger partial charge in [-0.05, 0) is 44.4 Å². The predicted octanol–water partition coefficient (Wildman–Crippen LogP) is 3.31.